The summed E-state index contributed by atoms with van der Waals surface area (Å²) in [5.74, 6) is -7.26. The van der Waals surface area contributed by atoms with Crippen LogP contribution in [-0.2, 0) is 13.7 Å². The molecule has 0 spiro atoms. The molecule has 0 aliphatic carbocycles. The minimum Gasteiger partial charge on any atom is -0.481 e. The number of hydrogen-bond acceptors (Lipinski definition) is 2. The number of rotatable bonds is 3. The van der Waals surface area contributed by atoms with Crippen LogP contribution >= 0.6 is 15.9 Å². The molecule has 2 rings (SSSR count). The summed E-state index contributed by atoms with van der Waals surface area (Å²) in [5.41, 5.74) is 1.13. The highest BCUT2D eigenvalue weighted by molar-refractivity contribution is 9.10. The van der Waals surface area contributed by atoms with Gasteiger partial charge in [0.1, 0.15) is 6.61 Å². The van der Waals surface area contributed by atoms with Crippen molar-refractivity contribution in [2.24, 2.45) is 7.05 Å². The Kier molecular flexibility index (Phi) is 4.03. The van der Waals surface area contributed by atoms with E-state index in [0.717, 1.165) is 0 Å². The van der Waals surface area contributed by atoms with Gasteiger partial charge >= 0.3 is 0 Å². The fraction of sp³-hybridized carbons (Fsp3) is 0.250. The van der Waals surface area contributed by atoms with Gasteiger partial charge in [0, 0.05) is 13.1 Å². The van der Waals surface area contributed by atoms with Crippen molar-refractivity contribution < 1.29 is 22.3 Å². The van der Waals surface area contributed by atoms with Crippen molar-refractivity contribution in [2.45, 2.75) is 13.5 Å². The third-order valence-electron chi connectivity index (χ3n) is 2.69. The molecule has 0 amide bonds. The van der Waals surface area contributed by atoms with Crippen molar-refractivity contribution in [2.75, 3.05) is 0 Å². The molecule has 0 fully saturated rings. The summed E-state index contributed by atoms with van der Waals surface area (Å²) in [6.07, 6.45) is 0. The highest BCUT2D eigenvalue weighted by Crippen LogP contribution is 2.28. The van der Waals surface area contributed by atoms with Crippen LogP contribution in [-0.4, -0.2) is 9.78 Å². The van der Waals surface area contributed by atoms with Gasteiger partial charge in [0.15, 0.2) is 17.4 Å². The summed E-state index contributed by atoms with van der Waals surface area (Å²) >= 11 is 3.24. The number of ether oxygens (including phenoxy) is 1. The van der Waals surface area contributed by atoms with Crippen LogP contribution in [0.5, 0.6) is 5.75 Å². The first-order valence-corrected chi connectivity index (χ1v) is 6.26. The second-order valence-electron chi connectivity index (χ2n) is 4.06. The van der Waals surface area contributed by atoms with Gasteiger partial charge in [0.25, 0.3) is 0 Å². The molecule has 1 aromatic carbocycles. The maximum Gasteiger partial charge on any atom is 0.203 e. The van der Waals surface area contributed by atoms with Crippen LogP contribution < -0.4 is 4.74 Å². The standard InChI is InChI=1S/C12H9BrF4N2O/c1-5-9(13)8(19(2)18-5)4-20-12-10(16)6(14)3-7(15)11(12)17/h3H,4H2,1-2H3. The van der Waals surface area contributed by atoms with Crippen molar-refractivity contribution in [1.82, 2.24) is 9.78 Å². The summed E-state index contributed by atoms with van der Waals surface area (Å²) in [6.45, 7) is 1.42. The topological polar surface area (TPSA) is 27.1 Å². The maximum absolute atomic E-state index is 13.4. The first-order chi connectivity index (χ1) is 9.32. The van der Waals surface area contributed by atoms with Gasteiger partial charge < -0.3 is 4.74 Å². The molecule has 3 nitrogen and oxygen atoms in total. The summed E-state index contributed by atoms with van der Waals surface area (Å²) in [7, 11) is 1.61. The Bertz CT molecular complexity index is 646. The Morgan fingerprint density at radius 1 is 1.20 bits per heavy atom. The predicted molar refractivity (Wildman–Crippen MR) is 66.3 cm³/mol. The van der Waals surface area contributed by atoms with Crippen LogP contribution in [0.2, 0.25) is 0 Å². The van der Waals surface area contributed by atoms with Crippen molar-refractivity contribution in [1.29, 1.82) is 0 Å². The van der Waals surface area contributed by atoms with E-state index in [9.17, 15) is 17.6 Å². The van der Waals surface area contributed by atoms with Gasteiger partial charge in [-0.25, -0.2) is 8.78 Å². The van der Waals surface area contributed by atoms with Crippen LogP contribution in [0.1, 0.15) is 11.4 Å². The van der Waals surface area contributed by atoms with E-state index in [-0.39, 0.29) is 12.7 Å². The van der Waals surface area contributed by atoms with E-state index < -0.39 is 29.0 Å². The number of aryl methyl sites for hydroxylation is 2. The molecule has 0 saturated heterocycles. The van der Waals surface area contributed by atoms with E-state index in [1.165, 1.54) is 4.68 Å². The van der Waals surface area contributed by atoms with E-state index >= 15 is 0 Å². The second-order valence-corrected chi connectivity index (χ2v) is 4.85. The first-order valence-electron chi connectivity index (χ1n) is 5.46. The van der Waals surface area contributed by atoms with Gasteiger partial charge in [-0.1, -0.05) is 0 Å². The molecule has 20 heavy (non-hydrogen) atoms. The van der Waals surface area contributed by atoms with E-state index in [4.69, 9.17) is 4.74 Å². The quantitative estimate of drug-likeness (QED) is 0.623. The smallest absolute Gasteiger partial charge is 0.203 e. The Morgan fingerprint density at radius 2 is 1.75 bits per heavy atom. The average Bonchev–Trinajstić information content (AvgIpc) is 2.62. The normalized spacial score (nSPS) is 10.9. The minimum absolute atomic E-state index is 0.127. The zero-order valence-electron chi connectivity index (χ0n) is 10.5. The third kappa shape index (κ3) is 2.52. The number of hydrogen-bond donors (Lipinski definition) is 0. The zero-order valence-corrected chi connectivity index (χ0v) is 12.1. The molecule has 1 aromatic heterocycles. The van der Waals surface area contributed by atoms with Gasteiger partial charge in [-0.05, 0) is 22.9 Å². The van der Waals surface area contributed by atoms with E-state index in [2.05, 4.69) is 21.0 Å². The molecule has 2 aromatic rings. The molecule has 8 heteroatoms. The maximum atomic E-state index is 13.4. The Hall–Kier alpha value is -1.57. The minimum atomic E-state index is -1.57. The average molecular weight is 353 g/mol. The van der Waals surface area contributed by atoms with Crippen LogP contribution in [0.3, 0.4) is 0 Å². The molecular formula is C12H9BrF4N2O. The molecule has 0 bridgehead atoms. The molecule has 0 aliphatic rings. The highest BCUT2D eigenvalue weighted by Gasteiger charge is 2.21. The van der Waals surface area contributed by atoms with Crippen LogP contribution in [0, 0.1) is 30.2 Å². The third-order valence-corrected chi connectivity index (χ3v) is 3.72. The lowest BCUT2D eigenvalue weighted by atomic mass is 10.3. The van der Waals surface area contributed by atoms with Gasteiger partial charge in [-0.2, -0.15) is 13.9 Å². The van der Waals surface area contributed by atoms with Gasteiger partial charge in [0.2, 0.25) is 11.6 Å². The van der Waals surface area contributed by atoms with Crippen molar-refractivity contribution in [3.8, 4) is 5.75 Å². The van der Waals surface area contributed by atoms with Crippen LogP contribution in [0.25, 0.3) is 0 Å². The SMILES string of the molecule is Cc1nn(C)c(COc2c(F)c(F)cc(F)c2F)c1Br. The lowest BCUT2D eigenvalue weighted by Crippen LogP contribution is -2.07. The lowest BCUT2D eigenvalue weighted by molar-refractivity contribution is 0.253. The Balaban J connectivity index is 2.32. The number of benzene rings is 1. The molecule has 0 radical (unpaired) electrons. The Morgan fingerprint density at radius 3 is 2.20 bits per heavy atom. The highest BCUT2D eigenvalue weighted by atomic mass is 79.9. The van der Waals surface area contributed by atoms with E-state index in [1.54, 1.807) is 14.0 Å². The fourth-order valence-electron chi connectivity index (χ4n) is 1.66. The molecule has 0 atom stereocenters. The molecule has 0 unspecified atom stereocenters. The van der Waals surface area contributed by atoms with Crippen molar-refractivity contribution in [3.63, 3.8) is 0 Å². The zero-order chi connectivity index (χ0) is 15.0. The number of aromatic nitrogens is 2. The van der Waals surface area contributed by atoms with Gasteiger partial charge in [0.05, 0.1) is 15.9 Å². The van der Waals surface area contributed by atoms with E-state index in [1.807, 2.05) is 0 Å². The van der Waals surface area contributed by atoms with Gasteiger partial charge in [-0.15, -0.1) is 0 Å². The largest absolute Gasteiger partial charge is 0.481 e. The molecule has 0 N–H and O–H groups in total. The monoisotopic (exact) mass is 352 g/mol. The summed E-state index contributed by atoms with van der Waals surface area (Å²) < 4.78 is 59.8. The van der Waals surface area contributed by atoms with Crippen LogP contribution in [0.15, 0.2) is 10.5 Å². The fourth-order valence-corrected chi connectivity index (χ4v) is 2.11. The van der Waals surface area contributed by atoms with E-state index in [0.29, 0.717) is 15.9 Å². The number of halogens is 5. The molecule has 108 valence electrons. The molecule has 0 saturated carbocycles. The lowest BCUT2D eigenvalue weighted by Gasteiger charge is -2.10. The Labute approximate surface area is 120 Å². The molecular weight excluding hydrogens is 344 g/mol. The molecule has 0 aliphatic heterocycles. The van der Waals surface area contributed by atoms with Crippen molar-refractivity contribution >= 4 is 15.9 Å². The van der Waals surface area contributed by atoms with Crippen LogP contribution in [0.4, 0.5) is 17.6 Å². The van der Waals surface area contributed by atoms with Crippen molar-refractivity contribution in [3.05, 3.63) is 45.2 Å². The molecule has 1 heterocycles. The second kappa shape index (κ2) is 5.43. The summed E-state index contributed by atoms with van der Waals surface area (Å²) in [5, 5.41) is 4.06. The summed E-state index contributed by atoms with van der Waals surface area (Å²) in [4.78, 5) is 0. The predicted octanol–water partition coefficient (Wildman–Crippen LogP) is 3.63. The summed E-state index contributed by atoms with van der Waals surface area (Å²) in [6, 6.07) is 0.127. The number of nitrogens with zero attached hydrogens (tertiary/aromatic N) is 2. The van der Waals surface area contributed by atoms with Gasteiger partial charge in [-0.3, -0.25) is 4.68 Å². The first kappa shape index (κ1) is 14.8.